The Hall–Kier alpha value is -13.6. The van der Waals surface area contributed by atoms with Crippen LogP contribution in [0.15, 0.2) is 309 Å². The number of para-hydroxylation sites is 6. The van der Waals surface area contributed by atoms with E-state index in [2.05, 4.69) is 191 Å². The zero-order chi connectivity index (χ0) is 64.3. The molecule has 0 unspecified atom stereocenters. The molecule has 7 heterocycles. The summed E-state index contributed by atoms with van der Waals surface area (Å²) in [6.45, 7) is 9.86. The Morgan fingerprint density at radius 1 is 0.265 bits per heavy atom. The van der Waals surface area contributed by atoms with E-state index in [9.17, 15) is 6.57 Å². The van der Waals surface area contributed by atoms with Crippen LogP contribution in [0.25, 0.3) is 215 Å². The lowest BCUT2D eigenvalue weighted by molar-refractivity contribution is 0.669. The van der Waals surface area contributed by atoms with Gasteiger partial charge in [-0.25, -0.2) is 19.8 Å². The molecule has 21 rings (SSSR count). The average Bonchev–Trinajstić information content (AvgIpc) is 1.51. The van der Waals surface area contributed by atoms with Gasteiger partial charge in [0.15, 0.2) is 17.5 Å². The lowest BCUT2D eigenvalue weighted by Crippen LogP contribution is -2.09. The quantitative estimate of drug-likeness (QED) is 0.140. The third-order valence-corrected chi connectivity index (χ3v) is 19.8. The van der Waals surface area contributed by atoms with E-state index in [0.717, 1.165) is 154 Å². The topological polar surface area (TPSA) is 105 Å². The summed E-state index contributed by atoms with van der Waals surface area (Å²) < 4.78 is 32.6. The van der Waals surface area contributed by atoms with Crippen molar-refractivity contribution >= 4 is 137 Å². The van der Waals surface area contributed by atoms with Gasteiger partial charge in [-0.2, -0.15) is 0 Å². The molecule has 0 saturated heterocycles. The molecule has 0 saturated carbocycles. The van der Waals surface area contributed by atoms with Crippen LogP contribution in [0, 0.1) is 6.57 Å². The maximum absolute atomic E-state index is 9.86. The minimum absolute atomic E-state index is 0.327. The minimum Gasteiger partial charge on any atom is -0.455 e. The van der Waals surface area contributed by atoms with E-state index in [0.29, 0.717) is 62.4 Å². The lowest BCUT2D eigenvalue weighted by atomic mass is 9.93. The van der Waals surface area contributed by atoms with E-state index in [1.165, 1.54) is 0 Å². The molecule has 0 aliphatic heterocycles. The van der Waals surface area contributed by atoms with Crippen molar-refractivity contribution in [2.75, 3.05) is 0 Å². The summed E-state index contributed by atoms with van der Waals surface area (Å²) in [5.74, 6) is 1.08. The second-order valence-corrected chi connectivity index (χ2v) is 25.1. The minimum atomic E-state index is 0.327. The lowest BCUT2D eigenvalue weighted by Gasteiger charge is -2.25. The highest BCUT2D eigenvalue weighted by atomic mass is 16.3. The molecule has 0 amide bonds. The fraction of sp³-hybridized carbons (Fsp3) is 0. The molecule has 0 fully saturated rings. The zero-order valence-corrected chi connectivity index (χ0v) is 52.0. The van der Waals surface area contributed by atoms with Gasteiger partial charge in [0.05, 0.1) is 61.9 Å². The van der Waals surface area contributed by atoms with Gasteiger partial charge in [0.25, 0.3) is 0 Å². The molecule has 0 radical (unpaired) electrons. The van der Waals surface area contributed by atoms with E-state index in [-0.39, 0.29) is 0 Å². The molecule has 454 valence electrons. The SMILES string of the molecule is [C-]#[N+]c1cc(-c2nc(-c3cccc4c3oc3ccccc34)nc(-c3cccc4c3oc3ccccc34)n2)c(-c2ccccc2)c(-n2c3ccc(-c4ccccc4)cc3c3c4oc5ccccc5c4ccc32)c1-n1c2ccc(-c3ccccc3)cc2c2c3oc4ccccc4c3ccc21. The second kappa shape index (κ2) is 20.7. The summed E-state index contributed by atoms with van der Waals surface area (Å²) in [5.41, 5.74) is 18.8. The molecule has 0 aliphatic rings. The number of benzene rings is 14. The van der Waals surface area contributed by atoms with Crippen LogP contribution in [0.5, 0.6) is 0 Å². The molecule has 14 aromatic carbocycles. The van der Waals surface area contributed by atoms with Gasteiger partial charge in [-0.1, -0.05) is 200 Å². The summed E-state index contributed by atoms with van der Waals surface area (Å²) in [5, 5.41) is 11.6. The van der Waals surface area contributed by atoms with Gasteiger partial charge in [-0.15, -0.1) is 0 Å². The Morgan fingerprint density at radius 2 is 0.622 bits per heavy atom. The van der Waals surface area contributed by atoms with Gasteiger partial charge >= 0.3 is 0 Å². The highest BCUT2D eigenvalue weighted by Gasteiger charge is 2.33. The summed E-state index contributed by atoms with van der Waals surface area (Å²) in [4.78, 5) is 21.6. The molecule has 0 atom stereocenters. The van der Waals surface area contributed by atoms with Crippen LogP contribution in [0.3, 0.4) is 0 Å². The smallest absolute Gasteiger partial charge is 0.213 e. The Labute approximate surface area is 557 Å². The van der Waals surface area contributed by atoms with Crippen molar-refractivity contribution in [2.24, 2.45) is 0 Å². The molecular weight excluding hydrogens is 1210 g/mol. The summed E-state index contributed by atoms with van der Waals surface area (Å²) in [6.07, 6.45) is 0. The first-order chi connectivity index (χ1) is 48.6. The summed E-state index contributed by atoms with van der Waals surface area (Å²) >= 11 is 0. The summed E-state index contributed by atoms with van der Waals surface area (Å²) in [6, 6.07) is 101. The van der Waals surface area contributed by atoms with Crippen LogP contribution in [0.2, 0.25) is 0 Å². The van der Waals surface area contributed by atoms with Crippen LogP contribution in [0.1, 0.15) is 0 Å². The maximum atomic E-state index is 9.86. The Kier molecular flexibility index (Phi) is 11.4. The van der Waals surface area contributed by atoms with Crippen LogP contribution in [-0.2, 0) is 0 Å². The average molecular weight is 1250 g/mol. The molecule has 7 aromatic heterocycles. The largest absolute Gasteiger partial charge is 0.455 e. The van der Waals surface area contributed by atoms with Crippen molar-refractivity contribution in [1.82, 2.24) is 24.1 Å². The first kappa shape index (κ1) is 53.8. The van der Waals surface area contributed by atoms with E-state index < -0.39 is 0 Å². The molecule has 0 aliphatic carbocycles. The molecule has 0 N–H and O–H groups in total. The fourth-order valence-corrected chi connectivity index (χ4v) is 15.5. The number of aromatic nitrogens is 5. The number of hydrogen-bond donors (Lipinski definition) is 0. The number of hydrogen-bond acceptors (Lipinski definition) is 7. The third-order valence-electron chi connectivity index (χ3n) is 19.8. The number of rotatable bonds is 8. The van der Waals surface area contributed by atoms with Gasteiger partial charge in [0.2, 0.25) is 5.69 Å². The van der Waals surface area contributed by atoms with Crippen LogP contribution in [-0.4, -0.2) is 24.1 Å². The van der Waals surface area contributed by atoms with Crippen molar-refractivity contribution < 1.29 is 17.7 Å². The van der Waals surface area contributed by atoms with Crippen LogP contribution >= 0.6 is 0 Å². The van der Waals surface area contributed by atoms with Gasteiger partial charge in [-0.3, -0.25) is 0 Å². The van der Waals surface area contributed by atoms with E-state index in [1.54, 1.807) is 0 Å². The zero-order valence-electron chi connectivity index (χ0n) is 52.0. The Bertz CT molecular complexity index is 6870. The predicted octanol–water partition coefficient (Wildman–Crippen LogP) is 24.2. The predicted molar refractivity (Wildman–Crippen MR) is 396 cm³/mol. The Balaban J connectivity index is 0.963. The second-order valence-electron chi connectivity index (χ2n) is 25.1. The van der Waals surface area contributed by atoms with Gasteiger partial charge in [-0.05, 0) is 119 Å². The Morgan fingerprint density at radius 3 is 1.06 bits per heavy atom. The summed E-state index contributed by atoms with van der Waals surface area (Å²) in [7, 11) is 0. The fourth-order valence-electron chi connectivity index (χ4n) is 15.5. The number of furan rings is 4. The highest BCUT2D eigenvalue weighted by Crippen LogP contribution is 2.53. The maximum Gasteiger partial charge on any atom is 0.213 e. The molecule has 10 heteroatoms. The monoisotopic (exact) mass is 1250 g/mol. The molecule has 0 spiro atoms. The standard InChI is InChI=1S/C88H48N6O4/c1-89-68-49-67(88-91-86(63-33-19-31-59-55-27-11-15-35-73(55)95-82(59)63)90-87(92-88)64-34-20-32-60-56-28-12-16-36-74(56)96-83(60)64)77(52-25-9-4-10-26-52)81(94-70-44-40-54(51-23-7-3-8-24-51)48-66(70)79-72(94)46-42-62-58-30-14-18-38-76(58)98-85(62)79)80(68)93-69-43-39-53(50-21-5-2-6-22-50)47-65(69)78-71(93)45-41-61-57-29-13-17-37-75(57)97-84(61)78/h2-49H. The van der Waals surface area contributed by atoms with Gasteiger partial charge < -0.3 is 26.8 Å². The number of nitrogens with zero attached hydrogens (tertiary/aromatic N) is 6. The van der Waals surface area contributed by atoms with Crippen molar-refractivity contribution in [2.45, 2.75) is 0 Å². The van der Waals surface area contributed by atoms with Gasteiger partial charge in [0, 0.05) is 65.0 Å². The molecule has 21 aromatic rings. The highest BCUT2D eigenvalue weighted by molar-refractivity contribution is 6.27. The van der Waals surface area contributed by atoms with Crippen LogP contribution in [0.4, 0.5) is 5.69 Å². The number of fused-ring (bicyclic) bond motifs is 20. The van der Waals surface area contributed by atoms with E-state index >= 15 is 0 Å². The van der Waals surface area contributed by atoms with Crippen molar-refractivity contribution in [1.29, 1.82) is 0 Å². The van der Waals surface area contributed by atoms with E-state index in [4.69, 9.17) is 37.5 Å². The molecular formula is C88H48N6O4. The van der Waals surface area contributed by atoms with Crippen molar-refractivity contribution in [3.63, 3.8) is 0 Å². The molecule has 98 heavy (non-hydrogen) atoms. The first-order valence-corrected chi connectivity index (χ1v) is 32.7. The molecule has 0 bridgehead atoms. The van der Waals surface area contributed by atoms with Gasteiger partial charge in [0.1, 0.15) is 44.7 Å². The van der Waals surface area contributed by atoms with E-state index in [1.807, 2.05) is 109 Å². The third kappa shape index (κ3) is 7.81. The first-order valence-electron chi connectivity index (χ1n) is 32.7. The molecule has 10 nitrogen and oxygen atoms in total. The van der Waals surface area contributed by atoms with Crippen molar-refractivity contribution in [3.8, 4) is 78.9 Å². The van der Waals surface area contributed by atoms with Crippen LogP contribution < -0.4 is 0 Å². The van der Waals surface area contributed by atoms with Crippen molar-refractivity contribution in [3.05, 3.63) is 303 Å². The normalized spacial score (nSPS) is 12.1.